The lowest BCUT2D eigenvalue weighted by molar-refractivity contribution is 0.267. The Morgan fingerprint density at radius 1 is 1.25 bits per heavy atom. The van der Waals surface area contributed by atoms with Gasteiger partial charge in [-0.1, -0.05) is 43.0 Å². The second kappa shape index (κ2) is 7.53. The van der Waals surface area contributed by atoms with Crippen LogP contribution >= 0.6 is 23.2 Å². The van der Waals surface area contributed by atoms with Crippen LogP contribution in [0.5, 0.6) is 5.75 Å². The van der Waals surface area contributed by atoms with Crippen molar-refractivity contribution in [1.29, 1.82) is 0 Å². The van der Waals surface area contributed by atoms with E-state index < -0.39 is 0 Å². The van der Waals surface area contributed by atoms with Crippen molar-refractivity contribution in [3.8, 4) is 5.75 Å². The summed E-state index contributed by atoms with van der Waals surface area (Å²) in [5.74, 6) is 1.03. The Kier molecular flexibility index (Phi) is 6.01. The first kappa shape index (κ1) is 15.9. The minimum atomic E-state index is 0.172. The van der Waals surface area contributed by atoms with Crippen LogP contribution in [0.25, 0.3) is 0 Å². The summed E-state index contributed by atoms with van der Waals surface area (Å²) in [4.78, 5) is 2.40. The number of rotatable bonds is 4. The molecular weight excluding hydrogens is 293 g/mol. The molecule has 1 saturated heterocycles. The summed E-state index contributed by atoms with van der Waals surface area (Å²) < 4.78 is 0. The number of phenolic OH excluding ortho intramolecular Hbond substituents is 1. The molecule has 1 aliphatic heterocycles. The molecule has 1 heterocycles. The number of aromatic hydroxyl groups is 1. The average molecular weight is 316 g/mol. The highest BCUT2D eigenvalue weighted by Gasteiger charge is 2.18. The fourth-order valence-electron chi connectivity index (χ4n) is 3.06. The van der Waals surface area contributed by atoms with E-state index in [9.17, 15) is 5.11 Å². The summed E-state index contributed by atoms with van der Waals surface area (Å²) in [5.41, 5.74) is 0.830. The molecule has 1 fully saturated rings. The predicted molar refractivity (Wildman–Crippen MR) is 85.7 cm³/mol. The first-order chi connectivity index (χ1) is 9.60. The molecule has 112 valence electrons. The maximum atomic E-state index is 10.0. The van der Waals surface area contributed by atoms with Crippen LogP contribution in [0, 0.1) is 5.92 Å². The number of benzene rings is 1. The van der Waals surface area contributed by atoms with Gasteiger partial charge in [-0.25, -0.2) is 0 Å². The molecule has 0 amide bonds. The van der Waals surface area contributed by atoms with Gasteiger partial charge in [0.25, 0.3) is 0 Å². The van der Waals surface area contributed by atoms with E-state index in [2.05, 4.69) is 11.8 Å². The van der Waals surface area contributed by atoms with Gasteiger partial charge in [-0.15, -0.1) is 0 Å². The molecule has 0 saturated carbocycles. The van der Waals surface area contributed by atoms with Gasteiger partial charge >= 0.3 is 0 Å². The van der Waals surface area contributed by atoms with Gasteiger partial charge in [0.15, 0.2) is 0 Å². The fourth-order valence-corrected chi connectivity index (χ4v) is 3.60. The van der Waals surface area contributed by atoms with E-state index in [-0.39, 0.29) is 5.75 Å². The Labute approximate surface area is 131 Å². The van der Waals surface area contributed by atoms with Crippen molar-refractivity contribution >= 4 is 23.2 Å². The number of phenols is 1. The number of nitrogens with zero attached hydrogens (tertiary/aromatic N) is 1. The van der Waals surface area contributed by atoms with Gasteiger partial charge in [-0.2, -0.15) is 0 Å². The summed E-state index contributed by atoms with van der Waals surface area (Å²) in [5, 5.41) is 11.0. The normalized spacial score (nSPS) is 20.9. The molecule has 1 atom stereocenters. The Bertz CT molecular complexity index is 450. The molecule has 0 radical (unpaired) electrons. The molecule has 1 aromatic carbocycles. The molecule has 0 bridgehead atoms. The molecule has 4 heteroatoms. The highest BCUT2D eigenvalue weighted by atomic mass is 35.5. The van der Waals surface area contributed by atoms with Gasteiger partial charge in [0.2, 0.25) is 0 Å². The standard InChI is InChI=1S/C16H23Cl2NO/c1-2-4-12-5-3-7-19(8-6-12)11-13-9-14(17)10-15(18)16(13)20/h9-10,12,20H,2-8,11H2,1H3. The highest BCUT2D eigenvalue weighted by molar-refractivity contribution is 6.35. The molecule has 1 unspecified atom stereocenters. The van der Waals surface area contributed by atoms with Crippen LogP contribution < -0.4 is 0 Å². The maximum absolute atomic E-state index is 10.0. The van der Waals surface area contributed by atoms with E-state index in [0.29, 0.717) is 10.0 Å². The molecule has 1 aromatic rings. The SMILES string of the molecule is CCCC1CCCN(Cc2cc(Cl)cc(Cl)c2O)CC1. The van der Waals surface area contributed by atoms with Crippen LogP contribution in [0.4, 0.5) is 0 Å². The molecule has 0 aromatic heterocycles. The molecule has 2 nitrogen and oxygen atoms in total. The van der Waals surface area contributed by atoms with E-state index in [0.717, 1.165) is 31.1 Å². The van der Waals surface area contributed by atoms with Crippen LogP contribution in [0.3, 0.4) is 0 Å². The second-order valence-electron chi connectivity index (χ2n) is 5.76. The van der Waals surface area contributed by atoms with Crippen molar-refractivity contribution in [2.24, 2.45) is 5.92 Å². The number of halogens is 2. The summed E-state index contributed by atoms with van der Waals surface area (Å²) >= 11 is 12.0. The van der Waals surface area contributed by atoms with Crippen LogP contribution in [0.2, 0.25) is 10.0 Å². The summed E-state index contributed by atoms with van der Waals surface area (Å²) in [6, 6.07) is 3.40. The zero-order valence-electron chi connectivity index (χ0n) is 12.0. The molecule has 2 rings (SSSR count). The smallest absolute Gasteiger partial charge is 0.138 e. The van der Waals surface area contributed by atoms with Gasteiger partial charge in [0.05, 0.1) is 5.02 Å². The number of hydrogen-bond donors (Lipinski definition) is 1. The lowest BCUT2D eigenvalue weighted by Gasteiger charge is -2.21. The highest BCUT2D eigenvalue weighted by Crippen LogP contribution is 2.32. The summed E-state index contributed by atoms with van der Waals surface area (Å²) in [6.45, 7) is 5.16. The van der Waals surface area contributed by atoms with E-state index in [1.807, 2.05) is 6.07 Å². The molecule has 0 spiro atoms. The van der Waals surface area contributed by atoms with Crippen molar-refractivity contribution in [3.05, 3.63) is 27.7 Å². The Balaban J connectivity index is 2.00. The fraction of sp³-hybridized carbons (Fsp3) is 0.625. The zero-order chi connectivity index (χ0) is 14.5. The first-order valence-corrected chi connectivity index (χ1v) is 8.25. The third kappa shape index (κ3) is 4.28. The molecular formula is C16H23Cl2NO. The third-order valence-corrected chi connectivity index (χ3v) is 4.64. The first-order valence-electron chi connectivity index (χ1n) is 7.49. The maximum Gasteiger partial charge on any atom is 0.138 e. The monoisotopic (exact) mass is 315 g/mol. The van der Waals surface area contributed by atoms with Crippen LogP contribution in [-0.2, 0) is 6.54 Å². The van der Waals surface area contributed by atoms with Gasteiger partial charge < -0.3 is 5.11 Å². The number of hydrogen-bond acceptors (Lipinski definition) is 2. The molecule has 1 aliphatic rings. The minimum absolute atomic E-state index is 0.172. The van der Waals surface area contributed by atoms with Crippen molar-refractivity contribution in [3.63, 3.8) is 0 Å². The lowest BCUT2D eigenvalue weighted by atomic mass is 9.96. The third-order valence-electron chi connectivity index (χ3n) is 4.14. The summed E-state index contributed by atoms with van der Waals surface area (Å²) in [6.07, 6.45) is 6.42. The average Bonchev–Trinajstić information content (AvgIpc) is 2.62. The molecule has 20 heavy (non-hydrogen) atoms. The van der Waals surface area contributed by atoms with Gasteiger partial charge in [0.1, 0.15) is 5.75 Å². The van der Waals surface area contributed by atoms with Crippen LogP contribution in [-0.4, -0.2) is 23.1 Å². The Hall–Kier alpha value is -0.440. The van der Waals surface area contributed by atoms with Gasteiger partial charge in [-0.3, -0.25) is 4.90 Å². The van der Waals surface area contributed by atoms with Crippen LogP contribution in [0.15, 0.2) is 12.1 Å². The Morgan fingerprint density at radius 2 is 2.05 bits per heavy atom. The van der Waals surface area contributed by atoms with Crippen molar-refractivity contribution < 1.29 is 5.11 Å². The summed E-state index contributed by atoms with van der Waals surface area (Å²) in [7, 11) is 0. The van der Waals surface area contributed by atoms with E-state index in [4.69, 9.17) is 23.2 Å². The van der Waals surface area contributed by atoms with Crippen molar-refractivity contribution in [1.82, 2.24) is 4.90 Å². The van der Waals surface area contributed by atoms with E-state index in [1.54, 1.807) is 6.07 Å². The molecule has 0 aliphatic carbocycles. The zero-order valence-corrected chi connectivity index (χ0v) is 13.6. The lowest BCUT2D eigenvalue weighted by Crippen LogP contribution is -2.24. The van der Waals surface area contributed by atoms with Gasteiger partial charge in [0, 0.05) is 17.1 Å². The quantitative estimate of drug-likeness (QED) is 0.835. The predicted octanol–water partition coefficient (Wildman–Crippen LogP) is 5.10. The van der Waals surface area contributed by atoms with Crippen molar-refractivity contribution in [2.75, 3.05) is 13.1 Å². The topological polar surface area (TPSA) is 23.5 Å². The second-order valence-corrected chi connectivity index (χ2v) is 6.60. The Morgan fingerprint density at radius 3 is 2.80 bits per heavy atom. The molecule has 1 N–H and O–H groups in total. The van der Waals surface area contributed by atoms with Crippen LogP contribution in [0.1, 0.15) is 44.6 Å². The van der Waals surface area contributed by atoms with Crippen molar-refractivity contribution in [2.45, 2.75) is 45.6 Å². The van der Waals surface area contributed by atoms with Gasteiger partial charge in [-0.05, 0) is 50.4 Å². The minimum Gasteiger partial charge on any atom is -0.506 e. The number of likely N-dealkylation sites (tertiary alicyclic amines) is 1. The largest absolute Gasteiger partial charge is 0.506 e. The van der Waals surface area contributed by atoms with E-state index >= 15 is 0 Å². The van der Waals surface area contributed by atoms with E-state index in [1.165, 1.54) is 32.1 Å².